The molecule has 0 aliphatic heterocycles. The topological polar surface area (TPSA) is 59.1 Å². The second-order valence-electron chi connectivity index (χ2n) is 6.24. The van der Waals surface area contributed by atoms with Gasteiger partial charge in [0.05, 0.1) is 17.8 Å². The largest absolute Gasteiger partial charge is 0.385 e. The number of carbonyl (C=O) groups is 2. The van der Waals surface area contributed by atoms with Crippen LogP contribution in [-0.2, 0) is 16.1 Å². The lowest BCUT2D eigenvalue weighted by atomic mass is 9.77. The maximum absolute atomic E-state index is 12.3. The molecular weight excluding hydrogens is 288 g/mol. The molecule has 0 aromatic carbocycles. The highest BCUT2D eigenvalue weighted by Gasteiger charge is 2.32. The van der Waals surface area contributed by atoms with Crippen LogP contribution in [0.2, 0.25) is 0 Å². The third kappa shape index (κ3) is 3.95. The van der Waals surface area contributed by atoms with Gasteiger partial charge in [-0.1, -0.05) is 17.7 Å². The number of hydrogen-bond donors (Lipinski definition) is 1. The highest BCUT2D eigenvalue weighted by Crippen LogP contribution is 2.33. The minimum absolute atomic E-state index is 0.0359. The van der Waals surface area contributed by atoms with Crippen molar-refractivity contribution in [3.8, 4) is 0 Å². The highest BCUT2D eigenvalue weighted by atomic mass is 16.1. The van der Waals surface area contributed by atoms with Crippen LogP contribution < -0.4 is 5.32 Å². The lowest BCUT2D eigenvalue weighted by molar-refractivity contribution is -0.125. The van der Waals surface area contributed by atoms with E-state index < -0.39 is 0 Å². The summed E-state index contributed by atoms with van der Waals surface area (Å²) in [6.45, 7) is 0.513. The first kappa shape index (κ1) is 15.7. The maximum Gasteiger partial charge on any atom is 0.168 e. The van der Waals surface area contributed by atoms with E-state index in [1.54, 1.807) is 12.4 Å². The number of ketones is 2. The van der Waals surface area contributed by atoms with Crippen molar-refractivity contribution in [2.75, 3.05) is 0 Å². The lowest BCUT2D eigenvalue weighted by Gasteiger charge is -2.26. The molecule has 23 heavy (non-hydrogen) atoms. The number of carbonyl (C=O) groups excluding carboxylic acids is 2. The minimum atomic E-state index is -0.0359. The van der Waals surface area contributed by atoms with Gasteiger partial charge in [0.1, 0.15) is 0 Å². The molecule has 4 nitrogen and oxygen atoms in total. The minimum Gasteiger partial charge on any atom is -0.385 e. The van der Waals surface area contributed by atoms with E-state index in [0.717, 1.165) is 18.5 Å². The molecule has 4 heteroatoms. The number of pyridine rings is 1. The number of nitrogens with zero attached hydrogens (tertiary/aromatic N) is 1. The molecule has 0 amide bonds. The quantitative estimate of drug-likeness (QED) is 0.527. The van der Waals surface area contributed by atoms with Crippen molar-refractivity contribution in [2.24, 2.45) is 5.92 Å². The van der Waals surface area contributed by atoms with E-state index in [1.165, 1.54) is 18.4 Å². The van der Waals surface area contributed by atoms with E-state index in [0.29, 0.717) is 25.0 Å². The van der Waals surface area contributed by atoms with Gasteiger partial charge in [0.25, 0.3) is 0 Å². The summed E-state index contributed by atoms with van der Waals surface area (Å²) in [5.74, 6) is 0.0562. The first-order chi connectivity index (χ1) is 11.2. The van der Waals surface area contributed by atoms with Crippen LogP contribution in [0.25, 0.3) is 0 Å². The summed E-state index contributed by atoms with van der Waals surface area (Å²) in [5.41, 5.74) is 2.51. The number of rotatable bonds is 4. The van der Waals surface area contributed by atoms with Gasteiger partial charge in [0.2, 0.25) is 0 Å². The molecule has 120 valence electrons. The average molecular weight is 310 g/mol. The predicted octanol–water partition coefficient (Wildman–Crippen LogP) is 3.10. The Labute approximate surface area is 136 Å². The second kappa shape index (κ2) is 7.36. The zero-order valence-electron chi connectivity index (χ0n) is 13.3. The van der Waals surface area contributed by atoms with Crippen LogP contribution in [0.3, 0.4) is 0 Å². The van der Waals surface area contributed by atoms with Gasteiger partial charge >= 0.3 is 0 Å². The first-order valence-electron chi connectivity index (χ1n) is 8.33. The smallest absolute Gasteiger partial charge is 0.168 e. The Morgan fingerprint density at radius 2 is 2.00 bits per heavy atom. The number of aromatic nitrogens is 1. The number of nitrogens with one attached hydrogen (secondary N) is 1. The molecule has 1 aromatic rings. The van der Waals surface area contributed by atoms with Gasteiger partial charge in [0, 0.05) is 25.2 Å². The van der Waals surface area contributed by atoms with E-state index in [4.69, 9.17) is 0 Å². The molecular formula is C19H22N2O2. The van der Waals surface area contributed by atoms with Gasteiger partial charge in [-0.3, -0.25) is 14.6 Å². The molecule has 0 atom stereocenters. The second-order valence-corrected chi connectivity index (χ2v) is 6.24. The Balaban J connectivity index is 1.61. The van der Waals surface area contributed by atoms with E-state index in [2.05, 4.69) is 16.4 Å². The van der Waals surface area contributed by atoms with E-state index in [9.17, 15) is 9.59 Å². The fourth-order valence-corrected chi connectivity index (χ4v) is 3.31. The van der Waals surface area contributed by atoms with Crippen molar-refractivity contribution in [1.29, 1.82) is 0 Å². The normalized spacial score (nSPS) is 21.8. The van der Waals surface area contributed by atoms with Crippen molar-refractivity contribution in [3.05, 3.63) is 53.5 Å². The highest BCUT2D eigenvalue weighted by molar-refractivity contribution is 6.22. The van der Waals surface area contributed by atoms with Crippen molar-refractivity contribution >= 4 is 11.6 Å². The van der Waals surface area contributed by atoms with Gasteiger partial charge in [-0.2, -0.15) is 0 Å². The van der Waals surface area contributed by atoms with Crippen molar-refractivity contribution in [3.63, 3.8) is 0 Å². The molecule has 0 bridgehead atoms. The van der Waals surface area contributed by atoms with Gasteiger partial charge < -0.3 is 5.32 Å². The molecule has 0 unspecified atom stereocenters. The number of allylic oxidation sites excluding steroid dienone is 3. The third-order valence-corrected chi connectivity index (χ3v) is 4.57. The SMILES string of the molecule is O=C1CC(C2=CCCCC2)CC(=O)C1=CNCc1ccccn1. The number of Topliss-reactive ketones (excluding diaryl/α,β-unsaturated/α-hetero) is 2. The monoisotopic (exact) mass is 310 g/mol. The summed E-state index contributed by atoms with van der Waals surface area (Å²) in [6.07, 6.45) is 11.0. The third-order valence-electron chi connectivity index (χ3n) is 4.57. The molecule has 1 saturated carbocycles. The van der Waals surface area contributed by atoms with E-state index in [-0.39, 0.29) is 17.5 Å². The Bertz CT molecular complexity index is 627. The summed E-state index contributed by atoms with van der Waals surface area (Å²) in [5, 5.41) is 3.05. The number of hydrogen-bond acceptors (Lipinski definition) is 4. The fourth-order valence-electron chi connectivity index (χ4n) is 3.31. The van der Waals surface area contributed by atoms with Gasteiger partial charge in [0.15, 0.2) is 11.6 Å². The molecule has 1 heterocycles. The van der Waals surface area contributed by atoms with Crippen molar-refractivity contribution < 1.29 is 9.59 Å². The van der Waals surface area contributed by atoms with Crippen LogP contribution in [0.1, 0.15) is 44.2 Å². The van der Waals surface area contributed by atoms with Crippen LogP contribution in [0, 0.1) is 5.92 Å². The Kier molecular flexibility index (Phi) is 5.01. The van der Waals surface area contributed by atoms with Gasteiger partial charge in [-0.25, -0.2) is 0 Å². The van der Waals surface area contributed by atoms with Crippen LogP contribution in [0.5, 0.6) is 0 Å². The molecule has 1 N–H and O–H groups in total. The zero-order valence-corrected chi connectivity index (χ0v) is 13.3. The predicted molar refractivity (Wildman–Crippen MR) is 88.4 cm³/mol. The van der Waals surface area contributed by atoms with E-state index in [1.807, 2.05) is 18.2 Å². The molecule has 3 rings (SSSR count). The van der Waals surface area contributed by atoms with Crippen molar-refractivity contribution in [2.45, 2.75) is 45.1 Å². The molecule has 0 radical (unpaired) electrons. The Hall–Kier alpha value is -2.23. The summed E-state index contributed by atoms with van der Waals surface area (Å²) >= 11 is 0. The van der Waals surface area contributed by atoms with Crippen LogP contribution >= 0.6 is 0 Å². The summed E-state index contributed by atoms with van der Waals surface area (Å²) in [7, 11) is 0. The molecule has 0 spiro atoms. The molecule has 1 aromatic heterocycles. The maximum atomic E-state index is 12.3. The molecule has 1 fully saturated rings. The first-order valence-corrected chi connectivity index (χ1v) is 8.33. The summed E-state index contributed by atoms with van der Waals surface area (Å²) < 4.78 is 0. The van der Waals surface area contributed by atoms with E-state index >= 15 is 0 Å². The molecule has 2 aliphatic carbocycles. The fraction of sp³-hybridized carbons (Fsp3) is 0.421. The van der Waals surface area contributed by atoms with Crippen LogP contribution in [-0.4, -0.2) is 16.6 Å². The van der Waals surface area contributed by atoms with Gasteiger partial charge in [-0.05, 0) is 43.7 Å². The van der Waals surface area contributed by atoms with Crippen molar-refractivity contribution in [1.82, 2.24) is 10.3 Å². The molecule has 0 saturated heterocycles. The van der Waals surface area contributed by atoms with Crippen LogP contribution in [0.4, 0.5) is 0 Å². The zero-order chi connectivity index (χ0) is 16.1. The molecule has 2 aliphatic rings. The Morgan fingerprint density at radius 1 is 1.17 bits per heavy atom. The van der Waals surface area contributed by atoms with Crippen LogP contribution in [0.15, 0.2) is 47.8 Å². The average Bonchev–Trinajstić information content (AvgIpc) is 2.59. The van der Waals surface area contributed by atoms with Gasteiger partial charge in [-0.15, -0.1) is 0 Å². The summed E-state index contributed by atoms with van der Waals surface area (Å²) in [6, 6.07) is 5.68. The Morgan fingerprint density at radius 3 is 2.65 bits per heavy atom. The lowest BCUT2D eigenvalue weighted by Crippen LogP contribution is -2.28. The standard InChI is InChI=1S/C19H22N2O2/c22-18-10-15(14-6-2-1-3-7-14)11-19(23)17(18)13-20-12-16-8-4-5-9-21-16/h4-6,8-9,13,15,20H,1-3,7,10-12H2. The summed E-state index contributed by atoms with van der Waals surface area (Å²) in [4.78, 5) is 28.9.